The minimum Gasteiger partial charge on any atom is -0.478 e. The summed E-state index contributed by atoms with van der Waals surface area (Å²) >= 11 is 0. The number of carbonyl (C=O) groups is 1. The number of aromatic carboxylic acids is 1. The molecule has 0 radical (unpaired) electrons. The molecule has 2 aromatic rings. The summed E-state index contributed by atoms with van der Waals surface area (Å²) in [7, 11) is 1.75. The molecule has 0 fully saturated rings. The topological polar surface area (TPSA) is 110 Å². The van der Waals surface area contributed by atoms with Gasteiger partial charge in [-0.1, -0.05) is 0 Å². The number of carboxylic acid groups (broad SMARTS) is 1. The third kappa shape index (κ3) is 2.83. The lowest BCUT2D eigenvalue weighted by Crippen LogP contribution is -2.04. The van der Waals surface area contributed by atoms with E-state index in [0.717, 1.165) is 6.07 Å². The van der Waals surface area contributed by atoms with Crippen LogP contribution in [0.2, 0.25) is 0 Å². The first-order valence-electron chi connectivity index (χ1n) is 6.09. The smallest absolute Gasteiger partial charge is 0.336 e. The second-order valence-corrected chi connectivity index (χ2v) is 4.66. The number of nitrogens with zero attached hydrogens (tertiary/aromatic N) is 3. The Labute approximate surface area is 120 Å². The SMILES string of the molecule is Cc1nn(C)cc1Nc1cc(C(=O)O)cc([N+](=O)[O-])c1C. The summed E-state index contributed by atoms with van der Waals surface area (Å²) in [5.74, 6) is -1.22. The van der Waals surface area contributed by atoms with Crippen LogP contribution in [0.15, 0.2) is 18.3 Å². The minimum absolute atomic E-state index is 0.142. The number of aromatic nitrogens is 2. The molecule has 0 aliphatic rings. The first kappa shape index (κ1) is 14.5. The van der Waals surface area contributed by atoms with Crippen molar-refractivity contribution in [3.8, 4) is 0 Å². The van der Waals surface area contributed by atoms with Gasteiger partial charge in [0.1, 0.15) is 0 Å². The van der Waals surface area contributed by atoms with Gasteiger partial charge in [-0.15, -0.1) is 0 Å². The highest BCUT2D eigenvalue weighted by atomic mass is 16.6. The van der Waals surface area contributed by atoms with Gasteiger partial charge in [0.05, 0.1) is 27.4 Å². The summed E-state index contributed by atoms with van der Waals surface area (Å²) < 4.78 is 1.60. The van der Waals surface area contributed by atoms with Gasteiger partial charge in [-0.2, -0.15) is 5.10 Å². The quantitative estimate of drug-likeness (QED) is 0.660. The van der Waals surface area contributed by atoms with Gasteiger partial charge >= 0.3 is 5.97 Å². The summed E-state index contributed by atoms with van der Waals surface area (Å²) in [6.45, 7) is 3.35. The number of nitro benzene ring substituents is 1. The van der Waals surface area contributed by atoms with Crippen LogP contribution in [0.25, 0.3) is 0 Å². The summed E-state index contributed by atoms with van der Waals surface area (Å²) in [5, 5.41) is 27.3. The van der Waals surface area contributed by atoms with Gasteiger partial charge in [0, 0.05) is 25.0 Å². The van der Waals surface area contributed by atoms with Crippen molar-refractivity contribution in [2.24, 2.45) is 7.05 Å². The lowest BCUT2D eigenvalue weighted by atomic mass is 10.1. The summed E-state index contributed by atoms with van der Waals surface area (Å²) in [6.07, 6.45) is 1.72. The summed E-state index contributed by atoms with van der Waals surface area (Å²) in [4.78, 5) is 21.5. The van der Waals surface area contributed by atoms with E-state index in [4.69, 9.17) is 5.11 Å². The molecule has 1 aromatic heterocycles. The Kier molecular flexibility index (Phi) is 3.62. The molecule has 110 valence electrons. The molecule has 8 heteroatoms. The van der Waals surface area contributed by atoms with Gasteiger partial charge in [-0.05, 0) is 19.9 Å². The van der Waals surface area contributed by atoms with Gasteiger partial charge in [-0.25, -0.2) is 4.79 Å². The lowest BCUT2D eigenvalue weighted by Gasteiger charge is -2.10. The molecule has 0 saturated carbocycles. The first-order valence-corrected chi connectivity index (χ1v) is 6.09. The van der Waals surface area contributed by atoms with Crippen LogP contribution in [0, 0.1) is 24.0 Å². The predicted molar refractivity (Wildman–Crippen MR) is 76.0 cm³/mol. The van der Waals surface area contributed by atoms with Crippen LogP contribution in [0.4, 0.5) is 17.1 Å². The third-order valence-electron chi connectivity index (χ3n) is 3.11. The molecule has 0 unspecified atom stereocenters. The monoisotopic (exact) mass is 290 g/mol. The third-order valence-corrected chi connectivity index (χ3v) is 3.11. The maximum Gasteiger partial charge on any atom is 0.336 e. The minimum atomic E-state index is -1.22. The van der Waals surface area contributed by atoms with Crippen molar-refractivity contribution in [2.45, 2.75) is 13.8 Å². The second kappa shape index (κ2) is 5.23. The van der Waals surface area contributed by atoms with Gasteiger partial charge in [0.25, 0.3) is 5.69 Å². The summed E-state index contributed by atoms with van der Waals surface area (Å²) in [5.41, 5.74) is 1.74. The molecule has 21 heavy (non-hydrogen) atoms. The van der Waals surface area contributed by atoms with E-state index >= 15 is 0 Å². The highest BCUT2D eigenvalue weighted by Crippen LogP contribution is 2.30. The molecule has 0 spiro atoms. The number of carboxylic acids is 1. The van der Waals surface area contributed by atoms with Crippen LogP contribution in [-0.4, -0.2) is 25.8 Å². The predicted octanol–water partition coefficient (Wildman–Crippen LogP) is 2.39. The van der Waals surface area contributed by atoms with Crippen molar-refractivity contribution in [1.29, 1.82) is 0 Å². The van der Waals surface area contributed by atoms with Crippen LogP contribution in [-0.2, 0) is 7.05 Å². The number of nitrogens with one attached hydrogen (secondary N) is 1. The molecular formula is C13H14N4O4. The molecule has 2 N–H and O–H groups in total. The van der Waals surface area contributed by atoms with E-state index in [9.17, 15) is 14.9 Å². The normalized spacial score (nSPS) is 10.4. The van der Waals surface area contributed by atoms with Crippen molar-refractivity contribution in [1.82, 2.24) is 9.78 Å². The highest BCUT2D eigenvalue weighted by molar-refractivity contribution is 5.91. The molecule has 0 atom stereocenters. The Morgan fingerprint density at radius 3 is 2.52 bits per heavy atom. The van der Waals surface area contributed by atoms with Crippen molar-refractivity contribution in [3.63, 3.8) is 0 Å². The number of hydrogen-bond donors (Lipinski definition) is 2. The first-order chi connectivity index (χ1) is 9.79. The lowest BCUT2D eigenvalue weighted by molar-refractivity contribution is -0.385. The van der Waals surface area contributed by atoms with E-state index in [0.29, 0.717) is 22.6 Å². The molecule has 0 amide bonds. The highest BCUT2D eigenvalue weighted by Gasteiger charge is 2.19. The Hall–Kier alpha value is -2.90. The Balaban J connectivity index is 2.54. The molecule has 1 aromatic carbocycles. The molecule has 0 saturated heterocycles. The number of benzene rings is 1. The maximum absolute atomic E-state index is 11.1. The fraction of sp³-hybridized carbons (Fsp3) is 0.231. The van der Waals surface area contributed by atoms with E-state index in [-0.39, 0.29) is 11.3 Å². The largest absolute Gasteiger partial charge is 0.478 e. The fourth-order valence-electron chi connectivity index (χ4n) is 2.01. The van der Waals surface area contributed by atoms with Gasteiger partial charge in [-0.3, -0.25) is 14.8 Å². The van der Waals surface area contributed by atoms with Crippen LogP contribution < -0.4 is 5.32 Å². The molecule has 8 nitrogen and oxygen atoms in total. The van der Waals surface area contributed by atoms with Gasteiger partial charge in [0.15, 0.2) is 0 Å². The van der Waals surface area contributed by atoms with Crippen LogP contribution in [0.5, 0.6) is 0 Å². The van der Waals surface area contributed by atoms with Crippen molar-refractivity contribution in [2.75, 3.05) is 5.32 Å². The average Bonchev–Trinajstić information content (AvgIpc) is 2.69. The van der Waals surface area contributed by atoms with E-state index in [1.54, 1.807) is 31.8 Å². The van der Waals surface area contributed by atoms with Crippen molar-refractivity contribution >= 4 is 23.0 Å². The summed E-state index contributed by atoms with van der Waals surface area (Å²) in [6, 6.07) is 2.43. The number of rotatable bonds is 4. The fourth-order valence-corrected chi connectivity index (χ4v) is 2.01. The second-order valence-electron chi connectivity index (χ2n) is 4.66. The van der Waals surface area contributed by atoms with Gasteiger partial charge < -0.3 is 10.4 Å². The number of anilines is 2. The van der Waals surface area contributed by atoms with Crippen LogP contribution >= 0.6 is 0 Å². The molecule has 1 heterocycles. The number of hydrogen-bond acceptors (Lipinski definition) is 5. The Morgan fingerprint density at radius 2 is 2.05 bits per heavy atom. The molecular weight excluding hydrogens is 276 g/mol. The molecule has 0 aliphatic carbocycles. The van der Waals surface area contributed by atoms with E-state index in [1.807, 2.05) is 0 Å². The van der Waals surface area contributed by atoms with Crippen molar-refractivity contribution in [3.05, 3.63) is 45.3 Å². The van der Waals surface area contributed by atoms with E-state index < -0.39 is 10.9 Å². The zero-order valence-corrected chi connectivity index (χ0v) is 11.7. The average molecular weight is 290 g/mol. The van der Waals surface area contributed by atoms with E-state index in [1.165, 1.54) is 6.07 Å². The standard InChI is InChI=1S/C13H14N4O4/c1-7-10(14-11-6-16(3)15-8(11)2)4-9(13(18)19)5-12(7)17(20)21/h4-6,14H,1-3H3,(H,18,19). The molecule has 0 aliphatic heterocycles. The Bertz CT molecular complexity index is 736. The zero-order chi connectivity index (χ0) is 15.7. The number of nitro groups is 1. The van der Waals surface area contributed by atoms with Crippen LogP contribution in [0.1, 0.15) is 21.6 Å². The number of aryl methyl sites for hydroxylation is 2. The zero-order valence-electron chi connectivity index (χ0n) is 11.7. The molecule has 2 rings (SSSR count). The Morgan fingerprint density at radius 1 is 1.38 bits per heavy atom. The van der Waals surface area contributed by atoms with E-state index in [2.05, 4.69) is 10.4 Å². The molecule has 0 bridgehead atoms. The van der Waals surface area contributed by atoms with Gasteiger partial charge in [0.2, 0.25) is 0 Å². The maximum atomic E-state index is 11.1. The van der Waals surface area contributed by atoms with Crippen molar-refractivity contribution < 1.29 is 14.8 Å². The van der Waals surface area contributed by atoms with Crippen LogP contribution in [0.3, 0.4) is 0 Å².